The molecule has 0 aliphatic heterocycles. The van der Waals surface area contributed by atoms with Gasteiger partial charge in [0.15, 0.2) is 5.78 Å². The number of carbonyl (C=O) groups is 1. The topological polar surface area (TPSA) is 60.2 Å². The molecule has 0 N–H and O–H groups in total. The van der Waals surface area contributed by atoms with E-state index < -0.39 is 4.92 Å². The zero-order valence-electron chi connectivity index (χ0n) is 9.27. The van der Waals surface area contributed by atoms with E-state index in [1.54, 1.807) is 13.8 Å². The molecule has 0 bridgehead atoms. The number of hydrogen-bond acceptors (Lipinski definition) is 3. The van der Waals surface area contributed by atoms with Crippen LogP contribution >= 0.6 is 0 Å². The Balaban J connectivity index is 2.94. The maximum atomic E-state index is 11.8. The molecule has 0 amide bonds. The van der Waals surface area contributed by atoms with E-state index in [9.17, 15) is 14.9 Å². The lowest BCUT2D eigenvalue weighted by Gasteiger charge is -2.09. The van der Waals surface area contributed by atoms with Crippen LogP contribution in [0.25, 0.3) is 0 Å². The third-order valence-electron chi connectivity index (χ3n) is 2.50. The Kier molecular flexibility index (Phi) is 3.55. The molecule has 16 heavy (non-hydrogen) atoms. The summed E-state index contributed by atoms with van der Waals surface area (Å²) in [5, 5.41) is 10.4. The van der Waals surface area contributed by atoms with Crippen molar-refractivity contribution in [3.8, 4) is 0 Å². The van der Waals surface area contributed by atoms with Crippen molar-refractivity contribution in [2.75, 3.05) is 0 Å². The van der Waals surface area contributed by atoms with Gasteiger partial charge in [0.05, 0.1) is 4.92 Å². The molecule has 1 aromatic rings. The summed E-state index contributed by atoms with van der Waals surface area (Å²) < 4.78 is 0. The molecule has 1 rings (SSSR count). The minimum Gasteiger partial charge on any atom is -0.294 e. The lowest BCUT2D eigenvalue weighted by atomic mass is 9.94. The van der Waals surface area contributed by atoms with Crippen LogP contribution in [0.3, 0.4) is 0 Å². The number of hydrogen-bond donors (Lipinski definition) is 0. The second-order valence-electron chi connectivity index (χ2n) is 3.74. The third-order valence-corrected chi connectivity index (χ3v) is 2.50. The average molecular weight is 219 g/mol. The first-order chi connectivity index (χ1) is 7.43. The molecule has 0 heterocycles. The van der Waals surface area contributed by atoms with Gasteiger partial charge in [-0.15, -0.1) is 0 Å². The molecule has 4 heteroatoms. The van der Waals surface area contributed by atoms with E-state index in [2.05, 4.69) is 6.58 Å². The standard InChI is InChI=1S/C12H13NO3/c1-8(2)9(3)12(14)10-4-6-11(7-5-10)13(15)16/h4-7,9H,1H2,2-3H3/t9-/m1/s1. The van der Waals surface area contributed by atoms with Gasteiger partial charge in [0.1, 0.15) is 0 Å². The fraction of sp³-hybridized carbons (Fsp3) is 0.250. The molecule has 84 valence electrons. The van der Waals surface area contributed by atoms with Crippen LogP contribution in [0, 0.1) is 16.0 Å². The fourth-order valence-corrected chi connectivity index (χ4v) is 1.22. The third kappa shape index (κ3) is 2.53. The summed E-state index contributed by atoms with van der Waals surface area (Å²) in [5.74, 6) is -0.330. The number of nitro benzene ring substituents is 1. The van der Waals surface area contributed by atoms with Crippen LogP contribution in [-0.4, -0.2) is 10.7 Å². The molecule has 0 unspecified atom stereocenters. The van der Waals surface area contributed by atoms with E-state index in [1.807, 2.05) is 0 Å². The van der Waals surface area contributed by atoms with E-state index in [0.717, 1.165) is 5.57 Å². The highest BCUT2D eigenvalue weighted by molar-refractivity contribution is 5.99. The summed E-state index contributed by atoms with van der Waals surface area (Å²) in [7, 11) is 0. The summed E-state index contributed by atoms with van der Waals surface area (Å²) in [6, 6.07) is 5.61. The largest absolute Gasteiger partial charge is 0.294 e. The highest BCUT2D eigenvalue weighted by Crippen LogP contribution is 2.18. The van der Waals surface area contributed by atoms with Crippen LogP contribution in [0.1, 0.15) is 24.2 Å². The predicted octanol–water partition coefficient (Wildman–Crippen LogP) is 2.99. The summed E-state index contributed by atoms with van der Waals surface area (Å²) in [5.41, 5.74) is 1.24. The van der Waals surface area contributed by atoms with Crippen LogP contribution in [0.5, 0.6) is 0 Å². The van der Waals surface area contributed by atoms with Gasteiger partial charge in [-0.25, -0.2) is 0 Å². The van der Waals surface area contributed by atoms with E-state index in [0.29, 0.717) is 5.56 Å². The minimum atomic E-state index is -0.490. The summed E-state index contributed by atoms with van der Waals surface area (Å²) in [6.07, 6.45) is 0. The van der Waals surface area contributed by atoms with Crippen LogP contribution in [0.2, 0.25) is 0 Å². The van der Waals surface area contributed by atoms with E-state index in [4.69, 9.17) is 0 Å². The van der Waals surface area contributed by atoms with Crippen molar-refractivity contribution in [3.05, 3.63) is 52.1 Å². The van der Waals surface area contributed by atoms with E-state index >= 15 is 0 Å². The number of nitrogens with zero attached hydrogens (tertiary/aromatic N) is 1. The Bertz CT molecular complexity index is 434. The normalized spacial score (nSPS) is 11.9. The number of rotatable bonds is 4. The first-order valence-corrected chi connectivity index (χ1v) is 4.87. The Morgan fingerprint density at radius 3 is 2.25 bits per heavy atom. The number of Topliss-reactive ketones (excluding diaryl/α,β-unsaturated/α-hetero) is 1. The first-order valence-electron chi connectivity index (χ1n) is 4.87. The molecule has 4 nitrogen and oxygen atoms in total. The first kappa shape index (κ1) is 12.1. The van der Waals surface area contributed by atoms with Gasteiger partial charge in [-0.05, 0) is 19.1 Å². The summed E-state index contributed by atoms with van der Waals surface area (Å²) >= 11 is 0. The predicted molar refractivity (Wildman–Crippen MR) is 61.4 cm³/mol. The van der Waals surface area contributed by atoms with Crippen molar-refractivity contribution >= 4 is 11.5 Å². The smallest absolute Gasteiger partial charge is 0.269 e. The van der Waals surface area contributed by atoms with Crippen LogP contribution in [0.15, 0.2) is 36.4 Å². The molecule has 0 spiro atoms. The molecular formula is C12H13NO3. The van der Waals surface area contributed by atoms with Crippen LogP contribution in [0.4, 0.5) is 5.69 Å². The van der Waals surface area contributed by atoms with Crippen molar-refractivity contribution in [2.24, 2.45) is 5.92 Å². The van der Waals surface area contributed by atoms with Gasteiger partial charge in [-0.1, -0.05) is 19.1 Å². The molecular weight excluding hydrogens is 206 g/mol. The van der Waals surface area contributed by atoms with Crippen LogP contribution in [-0.2, 0) is 0 Å². The van der Waals surface area contributed by atoms with Crippen molar-refractivity contribution in [1.29, 1.82) is 0 Å². The molecule has 0 saturated heterocycles. The number of allylic oxidation sites excluding steroid dienone is 1. The quantitative estimate of drug-likeness (QED) is 0.338. The van der Waals surface area contributed by atoms with Crippen LogP contribution < -0.4 is 0 Å². The summed E-state index contributed by atoms with van der Waals surface area (Å²) in [4.78, 5) is 21.8. The Morgan fingerprint density at radius 1 is 1.38 bits per heavy atom. The average Bonchev–Trinajstić information content (AvgIpc) is 2.27. The van der Waals surface area contributed by atoms with Gasteiger partial charge in [0.2, 0.25) is 0 Å². The zero-order chi connectivity index (χ0) is 12.3. The van der Waals surface area contributed by atoms with Gasteiger partial charge in [0.25, 0.3) is 5.69 Å². The molecule has 0 radical (unpaired) electrons. The Labute approximate surface area is 93.7 Å². The maximum Gasteiger partial charge on any atom is 0.269 e. The SMILES string of the molecule is C=C(C)[C@@H](C)C(=O)c1ccc([N+](=O)[O-])cc1. The van der Waals surface area contributed by atoms with Crippen molar-refractivity contribution in [3.63, 3.8) is 0 Å². The zero-order valence-corrected chi connectivity index (χ0v) is 9.27. The molecule has 0 fully saturated rings. The molecule has 1 atom stereocenters. The Hall–Kier alpha value is -1.97. The molecule has 1 aromatic carbocycles. The van der Waals surface area contributed by atoms with Crippen molar-refractivity contribution < 1.29 is 9.72 Å². The number of nitro groups is 1. The monoisotopic (exact) mass is 219 g/mol. The molecule has 0 saturated carbocycles. The molecule has 0 aliphatic rings. The van der Waals surface area contributed by atoms with E-state index in [1.165, 1.54) is 24.3 Å². The number of carbonyl (C=O) groups excluding carboxylic acids is 1. The van der Waals surface area contributed by atoms with Crippen molar-refractivity contribution in [2.45, 2.75) is 13.8 Å². The second-order valence-corrected chi connectivity index (χ2v) is 3.74. The highest BCUT2D eigenvalue weighted by atomic mass is 16.6. The van der Waals surface area contributed by atoms with Gasteiger partial charge in [-0.3, -0.25) is 14.9 Å². The Morgan fingerprint density at radius 2 is 1.88 bits per heavy atom. The summed E-state index contributed by atoms with van der Waals surface area (Å²) in [6.45, 7) is 7.27. The molecule has 0 aromatic heterocycles. The number of benzene rings is 1. The maximum absolute atomic E-state index is 11.8. The van der Waals surface area contributed by atoms with Gasteiger partial charge < -0.3 is 0 Å². The van der Waals surface area contributed by atoms with Gasteiger partial charge in [-0.2, -0.15) is 0 Å². The minimum absolute atomic E-state index is 0.0143. The van der Waals surface area contributed by atoms with Crippen molar-refractivity contribution in [1.82, 2.24) is 0 Å². The van der Waals surface area contributed by atoms with E-state index in [-0.39, 0.29) is 17.4 Å². The second kappa shape index (κ2) is 4.70. The highest BCUT2D eigenvalue weighted by Gasteiger charge is 2.16. The fourth-order valence-electron chi connectivity index (χ4n) is 1.22. The number of ketones is 1. The van der Waals surface area contributed by atoms with Gasteiger partial charge >= 0.3 is 0 Å². The molecule has 0 aliphatic carbocycles. The number of non-ortho nitro benzene ring substituents is 1. The lowest BCUT2D eigenvalue weighted by molar-refractivity contribution is -0.384. The lowest BCUT2D eigenvalue weighted by Crippen LogP contribution is -2.11. The van der Waals surface area contributed by atoms with Gasteiger partial charge in [0, 0.05) is 23.6 Å².